The number of carbonyl (C=O) groups excluding carboxylic acids is 1. The molecule has 0 N–H and O–H groups in total. The van der Waals surface area contributed by atoms with Gasteiger partial charge in [-0.1, -0.05) is 83.4 Å². The maximum Gasteiger partial charge on any atom is 0.335 e. The average Bonchev–Trinajstić information content (AvgIpc) is 3.23. The Kier molecular flexibility index (Phi) is 7.14. The normalized spacial score (nSPS) is 18.5. The van der Waals surface area contributed by atoms with E-state index in [0.717, 1.165) is 5.56 Å². The average molecular weight is 516 g/mol. The van der Waals surface area contributed by atoms with Crippen LogP contribution in [0.2, 0.25) is 10.0 Å². The lowest BCUT2D eigenvalue weighted by atomic mass is 10.0. The molecule has 1 aliphatic heterocycles. The molecule has 0 fully saturated rings. The van der Waals surface area contributed by atoms with E-state index in [-0.39, 0.29) is 27.1 Å². The molecular formula is C26H23Cl2NO4S. The van der Waals surface area contributed by atoms with Crippen LogP contribution in [0.1, 0.15) is 35.7 Å². The van der Waals surface area contributed by atoms with Gasteiger partial charge in [0.05, 0.1) is 39.2 Å². The zero-order valence-corrected chi connectivity index (χ0v) is 20.9. The van der Waals surface area contributed by atoms with Crippen LogP contribution in [-0.4, -0.2) is 25.3 Å². The first-order valence-corrected chi connectivity index (χ1v) is 12.9. The zero-order valence-electron chi connectivity index (χ0n) is 18.6. The van der Waals surface area contributed by atoms with E-state index in [9.17, 15) is 13.2 Å². The highest BCUT2D eigenvalue weighted by Gasteiger charge is 2.47. The number of nitrogens with zero attached hydrogens (tertiary/aromatic N) is 1. The van der Waals surface area contributed by atoms with Gasteiger partial charge < -0.3 is 4.74 Å². The molecule has 0 radical (unpaired) electrons. The van der Waals surface area contributed by atoms with E-state index in [1.165, 1.54) is 4.31 Å². The van der Waals surface area contributed by atoms with Crippen LogP contribution in [0, 0.1) is 6.92 Å². The minimum absolute atomic E-state index is 0.112. The third-order valence-electron chi connectivity index (χ3n) is 5.69. The molecule has 0 spiro atoms. The van der Waals surface area contributed by atoms with E-state index in [2.05, 4.69) is 0 Å². The van der Waals surface area contributed by atoms with Crippen molar-refractivity contribution in [3.8, 4) is 0 Å². The van der Waals surface area contributed by atoms with E-state index in [1.54, 1.807) is 55.5 Å². The summed E-state index contributed by atoms with van der Waals surface area (Å²) < 4.78 is 34.8. The standard InChI is InChI=1S/C26H23Cl2NO4S/c1-3-33-26(30)21-16-23(18-8-5-4-6-9-18)29(25(21)20-10-7-11-22(27)24(20)28)34(31,32)19-14-12-17(2)13-15-19/h4-16,23,25H,3H2,1-2H3/t23-,25-/m0/s1. The van der Waals surface area contributed by atoms with E-state index < -0.39 is 28.1 Å². The van der Waals surface area contributed by atoms with Crippen molar-refractivity contribution in [1.29, 1.82) is 0 Å². The number of hydrogen-bond acceptors (Lipinski definition) is 4. The maximum atomic E-state index is 14.1. The largest absolute Gasteiger partial charge is 0.463 e. The summed E-state index contributed by atoms with van der Waals surface area (Å²) in [6.45, 7) is 3.73. The molecule has 3 aromatic rings. The summed E-state index contributed by atoms with van der Waals surface area (Å²) in [6, 6.07) is 18.9. The molecule has 0 unspecified atom stereocenters. The summed E-state index contributed by atoms with van der Waals surface area (Å²) >= 11 is 12.9. The first kappa shape index (κ1) is 24.5. The van der Waals surface area contributed by atoms with Gasteiger partial charge in [-0.3, -0.25) is 0 Å². The van der Waals surface area contributed by atoms with Crippen LogP contribution in [0.3, 0.4) is 0 Å². The summed E-state index contributed by atoms with van der Waals surface area (Å²) in [7, 11) is -4.09. The van der Waals surface area contributed by atoms with Crippen molar-refractivity contribution < 1.29 is 17.9 Å². The second-order valence-corrected chi connectivity index (χ2v) is 10.5. The maximum absolute atomic E-state index is 14.1. The van der Waals surface area contributed by atoms with Gasteiger partial charge in [0.25, 0.3) is 0 Å². The van der Waals surface area contributed by atoms with Crippen molar-refractivity contribution >= 4 is 39.2 Å². The monoisotopic (exact) mass is 515 g/mol. The molecule has 176 valence electrons. The summed E-state index contributed by atoms with van der Waals surface area (Å²) in [5.41, 5.74) is 2.23. The number of carbonyl (C=O) groups is 1. The summed E-state index contributed by atoms with van der Waals surface area (Å²) in [6.07, 6.45) is 1.64. The molecule has 0 amide bonds. The molecule has 0 bridgehead atoms. The number of aryl methyl sites for hydroxylation is 1. The Labute approximate surface area is 209 Å². The van der Waals surface area contributed by atoms with Crippen LogP contribution in [0.25, 0.3) is 0 Å². The summed E-state index contributed by atoms with van der Waals surface area (Å²) in [4.78, 5) is 13.2. The molecule has 8 heteroatoms. The van der Waals surface area contributed by atoms with Crippen LogP contribution in [0.4, 0.5) is 0 Å². The number of hydrogen-bond donors (Lipinski definition) is 0. The van der Waals surface area contributed by atoms with E-state index in [0.29, 0.717) is 11.1 Å². The van der Waals surface area contributed by atoms with Gasteiger partial charge in [-0.15, -0.1) is 0 Å². The van der Waals surface area contributed by atoms with E-state index in [4.69, 9.17) is 27.9 Å². The lowest BCUT2D eigenvalue weighted by Gasteiger charge is -2.31. The molecule has 0 saturated carbocycles. The van der Waals surface area contributed by atoms with Crippen molar-refractivity contribution in [2.75, 3.05) is 6.61 Å². The van der Waals surface area contributed by atoms with Crippen LogP contribution in [-0.2, 0) is 19.6 Å². The molecule has 0 saturated heterocycles. The van der Waals surface area contributed by atoms with Crippen molar-refractivity contribution in [3.63, 3.8) is 0 Å². The Morgan fingerprint density at radius 1 is 0.971 bits per heavy atom. The van der Waals surface area contributed by atoms with Gasteiger partial charge in [0, 0.05) is 0 Å². The third-order valence-corrected chi connectivity index (χ3v) is 8.38. The number of rotatable bonds is 6. The van der Waals surface area contributed by atoms with Crippen LogP contribution >= 0.6 is 23.2 Å². The SMILES string of the molecule is CCOC(=O)C1=C[C@@H](c2ccccc2)N(S(=O)(=O)c2ccc(C)cc2)[C@H]1c1cccc(Cl)c1Cl. The Bertz CT molecular complexity index is 1340. The van der Waals surface area contributed by atoms with Gasteiger partial charge in [-0.2, -0.15) is 4.31 Å². The smallest absolute Gasteiger partial charge is 0.335 e. The van der Waals surface area contributed by atoms with Crippen molar-refractivity contribution in [2.45, 2.75) is 30.8 Å². The molecule has 1 heterocycles. The number of ether oxygens (including phenoxy) is 1. The lowest BCUT2D eigenvalue weighted by molar-refractivity contribution is -0.138. The van der Waals surface area contributed by atoms with Gasteiger partial charge in [0.2, 0.25) is 10.0 Å². The fourth-order valence-corrected chi connectivity index (χ4v) is 6.20. The Hall–Kier alpha value is -2.64. The van der Waals surface area contributed by atoms with Crippen molar-refractivity contribution in [3.05, 3.63) is 111 Å². The van der Waals surface area contributed by atoms with Crippen LogP contribution in [0.5, 0.6) is 0 Å². The lowest BCUT2D eigenvalue weighted by Crippen LogP contribution is -2.35. The quantitative estimate of drug-likeness (QED) is 0.362. The molecule has 4 rings (SSSR count). The predicted octanol–water partition coefficient (Wildman–Crippen LogP) is 6.28. The Morgan fingerprint density at radius 2 is 1.65 bits per heavy atom. The number of sulfonamides is 1. The van der Waals surface area contributed by atoms with E-state index >= 15 is 0 Å². The van der Waals surface area contributed by atoms with Gasteiger partial charge in [-0.25, -0.2) is 13.2 Å². The van der Waals surface area contributed by atoms with Crippen molar-refractivity contribution in [1.82, 2.24) is 4.31 Å². The molecule has 3 aromatic carbocycles. The molecule has 5 nitrogen and oxygen atoms in total. The number of esters is 1. The highest BCUT2D eigenvalue weighted by Crippen LogP contribution is 2.49. The molecular weight excluding hydrogens is 493 g/mol. The molecule has 0 aliphatic carbocycles. The van der Waals surface area contributed by atoms with Gasteiger partial charge >= 0.3 is 5.97 Å². The third kappa shape index (κ3) is 4.51. The first-order valence-electron chi connectivity index (χ1n) is 10.7. The minimum Gasteiger partial charge on any atom is -0.463 e. The van der Waals surface area contributed by atoms with Gasteiger partial charge in [0.15, 0.2) is 0 Å². The Morgan fingerprint density at radius 3 is 2.29 bits per heavy atom. The fraction of sp³-hybridized carbons (Fsp3) is 0.192. The molecule has 2 atom stereocenters. The van der Waals surface area contributed by atoms with Gasteiger partial charge in [0.1, 0.15) is 0 Å². The second-order valence-electron chi connectivity index (χ2n) is 7.89. The van der Waals surface area contributed by atoms with Crippen molar-refractivity contribution in [2.24, 2.45) is 0 Å². The van der Waals surface area contributed by atoms with E-state index in [1.807, 2.05) is 37.3 Å². The number of benzene rings is 3. The molecule has 34 heavy (non-hydrogen) atoms. The topological polar surface area (TPSA) is 63.7 Å². The summed E-state index contributed by atoms with van der Waals surface area (Å²) in [5.74, 6) is -0.605. The fourth-order valence-electron chi connectivity index (χ4n) is 4.08. The van der Waals surface area contributed by atoms with Crippen LogP contribution in [0.15, 0.2) is 89.3 Å². The minimum atomic E-state index is -4.09. The number of halogens is 2. The highest BCUT2D eigenvalue weighted by atomic mass is 35.5. The Balaban J connectivity index is 1.98. The highest BCUT2D eigenvalue weighted by molar-refractivity contribution is 7.89. The zero-order chi connectivity index (χ0) is 24.5. The summed E-state index contributed by atoms with van der Waals surface area (Å²) in [5, 5.41) is 0.445. The second kappa shape index (κ2) is 9.92. The van der Waals surface area contributed by atoms with Crippen LogP contribution < -0.4 is 0 Å². The predicted molar refractivity (Wildman–Crippen MR) is 133 cm³/mol. The van der Waals surface area contributed by atoms with Gasteiger partial charge in [-0.05, 0) is 49.2 Å². The first-order chi connectivity index (χ1) is 16.3. The molecule has 0 aromatic heterocycles. The molecule has 1 aliphatic rings.